The van der Waals surface area contributed by atoms with Crippen LogP contribution < -0.4 is 16.2 Å². The molecule has 10 rings (SSSR count). The highest BCUT2D eigenvalue weighted by Crippen LogP contribution is 2.56. The van der Waals surface area contributed by atoms with Crippen LogP contribution in [-0.4, -0.2) is 82.6 Å². The topological polar surface area (TPSA) is 166 Å². The summed E-state index contributed by atoms with van der Waals surface area (Å²) in [5.74, 6) is -0.203. The number of benzene rings is 3. The van der Waals surface area contributed by atoms with E-state index in [4.69, 9.17) is 14.2 Å². The van der Waals surface area contributed by atoms with Crippen molar-refractivity contribution in [2.75, 3.05) is 44.0 Å². The summed E-state index contributed by atoms with van der Waals surface area (Å²) in [4.78, 5) is 54.4. The van der Waals surface area contributed by atoms with Gasteiger partial charge in [-0.1, -0.05) is 30.3 Å². The summed E-state index contributed by atoms with van der Waals surface area (Å²) >= 11 is 0. The zero-order valence-corrected chi connectivity index (χ0v) is 36.1. The first kappa shape index (κ1) is 40.2. The molecule has 14 nitrogen and oxygen atoms in total. The van der Waals surface area contributed by atoms with Crippen LogP contribution in [0.4, 0.5) is 10.3 Å². The quantitative estimate of drug-likeness (QED) is 0.190. The molecule has 6 aromatic rings. The number of hydrogen-bond acceptors (Lipinski definition) is 10. The number of carbonyl (C=O) groups is 1. The van der Waals surface area contributed by atoms with E-state index in [2.05, 4.69) is 35.3 Å². The second-order valence-electron chi connectivity index (χ2n) is 17.7. The van der Waals surface area contributed by atoms with Crippen LogP contribution in [0.1, 0.15) is 101 Å². The molecule has 1 N–H and O–H groups in total. The number of carbonyl (C=O) groups excluding carboxylic acids is 1. The van der Waals surface area contributed by atoms with Crippen molar-refractivity contribution in [3.05, 3.63) is 132 Å². The maximum atomic E-state index is 15.3. The van der Waals surface area contributed by atoms with Gasteiger partial charge >= 0.3 is 5.76 Å². The molecule has 0 radical (unpaired) electrons. The number of sulfone groups is 1. The Morgan fingerprint density at radius 1 is 0.952 bits per heavy atom. The van der Waals surface area contributed by atoms with E-state index >= 15 is 4.79 Å². The maximum absolute atomic E-state index is 15.3. The number of H-pyrrole nitrogens is 1. The number of aryl methyl sites for hydroxylation is 2. The summed E-state index contributed by atoms with van der Waals surface area (Å²) in [6.45, 7) is 9.83. The molecule has 1 saturated carbocycles. The molecule has 0 spiro atoms. The largest absolute Gasteiger partial charge is 0.438 e. The lowest BCUT2D eigenvalue weighted by Crippen LogP contribution is -2.50. The lowest BCUT2D eigenvalue weighted by molar-refractivity contribution is 0.0658. The molecule has 3 aromatic carbocycles. The van der Waals surface area contributed by atoms with Gasteiger partial charge in [0.25, 0.3) is 11.5 Å². The number of rotatable bonds is 8. The minimum atomic E-state index is -3.42. The van der Waals surface area contributed by atoms with Crippen LogP contribution in [0.25, 0.3) is 16.6 Å². The third-order valence-corrected chi connectivity index (χ3v) is 14.9. The van der Waals surface area contributed by atoms with E-state index in [0.29, 0.717) is 84.2 Å². The van der Waals surface area contributed by atoms with Crippen LogP contribution in [0.5, 0.6) is 0 Å². The summed E-state index contributed by atoms with van der Waals surface area (Å²) in [7, 11) is -3.42. The average molecular weight is 862 g/mol. The number of amides is 1. The highest BCUT2D eigenvalue weighted by molar-refractivity contribution is 7.90. The smallest absolute Gasteiger partial charge is 0.381 e. The zero-order valence-electron chi connectivity index (χ0n) is 35.3. The minimum absolute atomic E-state index is 0.0238. The fourth-order valence-corrected chi connectivity index (χ4v) is 10.8. The Hall–Kier alpha value is -5.87. The Kier molecular flexibility index (Phi) is 9.48. The van der Waals surface area contributed by atoms with Gasteiger partial charge in [-0.15, -0.1) is 0 Å². The summed E-state index contributed by atoms with van der Waals surface area (Å²) in [5.41, 5.74) is 4.46. The number of halogens is 1. The van der Waals surface area contributed by atoms with E-state index in [-0.39, 0.29) is 47.0 Å². The lowest BCUT2D eigenvalue weighted by Gasteiger charge is -2.42. The number of aromatic amines is 1. The Morgan fingerprint density at radius 3 is 2.32 bits per heavy atom. The Labute approximate surface area is 357 Å². The van der Waals surface area contributed by atoms with Crippen molar-refractivity contribution in [1.82, 2.24) is 29.2 Å². The van der Waals surface area contributed by atoms with E-state index in [9.17, 15) is 22.4 Å². The van der Waals surface area contributed by atoms with Gasteiger partial charge < -0.3 is 19.1 Å². The number of nitrogens with one attached hydrogen (secondary N) is 1. The van der Waals surface area contributed by atoms with Crippen molar-refractivity contribution in [1.29, 1.82) is 0 Å². The van der Waals surface area contributed by atoms with Crippen molar-refractivity contribution in [2.24, 2.45) is 5.92 Å². The first-order chi connectivity index (χ1) is 29.6. The maximum Gasteiger partial charge on any atom is 0.438 e. The van der Waals surface area contributed by atoms with Gasteiger partial charge in [0, 0.05) is 61.5 Å². The predicted octanol–water partition coefficient (Wildman–Crippen LogP) is 6.06. The van der Waals surface area contributed by atoms with E-state index < -0.39 is 27.2 Å². The van der Waals surface area contributed by atoms with Crippen LogP contribution in [0.2, 0.25) is 0 Å². The van der Waals surface area contributed by atoms with Gasteiger partial charge in [-0.2, -0.15) is 0 Å². The highest BCUT2D eigenvalue weighted by Gasteiger charge is 2.59. The normalized spacial score (nSPS) is 21.9. The average Bonchev–Trinajstić information content (AvgIpc) is 3.50. The van der Waals surface area contributed by atoms with Crippen molar-refractivity contribution in [3.63, 3.8) is 0 Å². The highest BCUT2D eigenvalue weighted by atomic mass is 32.2. The first-order valence-corrected chi connectivity index (χ1v) is 23.1. The van der Waals surface area contributed by atoms with Crippen molar-refractivity contribution in [3.8, 4) is 5.69 Å². The van der Waals surface area contributed by atoms with Crippen molar-refractivity contribution < 1.29 is 26.9 Å². The number of aromatic nitrogens is 5. The van der Waals surface area contributed by atoms with Gasteiger partial charge in [-0.05, 0) is 123 Å². The fraction of sp³-hybridized carbons (Fsp3) is 0.413. The zero-order chi connectivity index (χ0) is 43.4. The van der Waals surface area contributed by atoms with E-state index in [1.54, 1.807) is 53.6 Å². The molecule has 322 valence electrons. The molecule has 3 fully saturated rings. The molecule has 6 heterocycles. The summed E-state index contributed by atoms with van der Waals surface area (Å²) in [6.07, 6.45) is 3.88. The Bertz CT molecular complexity index is 3030. The number of anilines is 1. The van der Waals surface area contributed by atoms with Crippen molar-refractivity contribution >= 4 is 32.6 Å². The first-order valence-electron chi connectivity index (χ1n) is 21.2. The fourth-order valence-electron chi connectivity index (χ4n) is 10.2. The molecule has 1 amide bonds. The lowest BCUT2D eigenvalue weighted by atomic mass is 9.91. The molecule has 16 heteroatoms. The predicted molar refractivity (Wildman–Crippen MR) is 230 cm³/mol. The Morgan fingerprint density at radius 2 is 1.66 bits per heavy atom. The van der Waals surface area contributed by atoms with Crippen LogP contribution in [0, 0.1) is 25.6 Å². The third kappa shape index (κ3) is 6.43. The van der Waals surface area contributed by atoms with Gasteiger partial charge in [0.1, 0.15) is 17.1 Å². The van der Waals surface area contributed by atoms with Crippen LogP contribution >= 0.6 is 0 Å². The summed E-state index contributed by atoms with van der Waals surface area (Å²) in [5, 5.41) is 5.05. The Balaban J connectivity index is 1.06. The molecular formula is C46H48FN7O7S. The second-order valence-corrected chi connectivity index (χ2v) is 19.7. The van der Waals surface area contributed by atoms with Crippen LogP contribution in [0.3, 0.4) is 0 Å². The van der Waals surface area contributed by atoms with Crippen LogP contribution in [-0.2, 0) is 26.5 Å². The minimum Gasteiger partial charge on any atom is -0.381 e. The molecule has 3 aliphatic heterocycles. The van der Waals surface area contributed by atoms with E-state index in [1.165, 1.54) is 11.8 Å². The second kappa shape index (κ2) is 14.6. The van der Waals surface area contributed by atoms with Gasteiger partial charge in [0.05, 0.1) is 22.3 Å². The molecule has 1 aliphatic carbocycles. The van der Waals surface area contributed by atoms with Gasteiger partial charge in [-0.25, -0.2) is 27.2 Å². The number of hydrogen-bond donors (Lipinski definition) is 1. The van der Waals surface area contributed by atoms with Gasteiger partial charge in [-0.3, -0.25) is 19.1 Å². The molecule has 2 saturated heterocycles. The molecule has 3 aromatic heterocycles. The number of ether oxygens (including phenoxy) is 1. The van der Waals surface area contributed by atoms with Crippen LogP contribution in [0.15, 0.2) is 79.7 Å². The van der Waals surface area contributed by atoms with Gasteiger partial charge in [0.15, 0.2) is 15.7 Å². The molecule has 4 aliphatic rings. The molecule has 0 bridgehead atoms. The van der Waals surface area contributed by atoms with Gasteiger partial charge in [0.2, 0.25) is 5.95 Å². The standard InChI is InChI=1S/C46H48FN7O7S/c1-25-17-34(18-26(2)39(25)47)53-41(55)36-11-14-52(28(4)40(36)48-44(53)51-23-33(24-51)30-7-6-8-35(20-30)62(5,58)59)42(56)38-21-32-19-31(29-12-15-60-16-13-29)9-10-37(32)54(38)46(22-27(46)3)43-49-45(57)61-50-43/h6-10,17-21,27-29,33H,11-16,22-24H2,1-5H3,(H,49,50,57)/t27-,28+,46-/m1/s1. The number of fused-ring (bicyclic) bond motifs is 2. The monoisotopic (exact) mass is 861 g/mol. The number of nitrogens with zero attached hydrogens (tertiary/aromatic N) is 6. The van der Waals surface area contributed by atoms with Crippen molar-refractivity contribution in [2.45, 2.75) is 81.7 Å². The molecular weight excluding hydrogens is 814 g/mol. The third-order valence-electron chi connectivity index (χ3n) is 13.8. The van der Waals surface area contributed by atoms with E-state index in [1.807, 2.05) is 28.5 Å². The summed E-state index contributed by atoms with van der Waals surface area (Å²) < 4.78 is 54.0. The molecule has 0 unspecified atom stereocenters. The molecule has 62 heavy (non-hydrogen) atoms. The molecule has 3 atom stereocenters. The summed E-state index contributed by atoms with van der Waals surface area (Å²) in [6, 6.07) is 17.9. The van der Waals surface area contributed by atoms with E-state index in [0.717, 1.165) is 29.3 Å². The SMILES string of the molecule is Cc1cc(-n2c(N3CC(c4cccc(S(C)(=O)=O)c4)C3)nc3c(c2=O)CCN(C(=O)c2cc4cc(C5CCOCC5)ccc4n2[C@]2(c4noc(=O)[nH]4)C[C@H]2C)[C@H]3C)cc(C)c1F.